The number of thiophene rings is 1. The van der Waals surface area contributed by atoms with Crippen LogP contribution in [0.3, 0.4) is 0 Å². The summed E-state index contributed by atoms with van der Waals surface area (Å²) in [6.45, 7) is 8.38. The molecule has 0 aliphatic carbocycles. The van der Waals surface area contributed by atoms with Gasteiger partial charge >= 0.3 is 0 Å². The number of rotatable bonds is 8. The largest absolute Gasteiger partial charge is 0.381 e. The summed E-state index contributed by atoms with van der Waals surface area (Å²) in [5.41, 5.74) is 0.307. The summed E-state index contributed by atoms with van der Waals surface area (Å²) in [4.78, 5) is 3.88. The van der Waals surface area contributed by atoms with Crippen LogP contribution in [0.25, 0.3) is 0 Å². The molecule has 19 heavy (non-hydrogen) atoms. The fourth-order valence-corrected chi connectivity index (χ4v) is 3.58. The predicted octanol–water partition coefficient (Wildman–Crippen LogP) is 2.59. The zero-order valence-electron chi connectivity index (χ0n) is 12.2. The quantitative estimate of drug-likeness (QED) is 0.742. The van der Waals surface area contributed by atoms with E-state index in [9.17, 15) is 0 Å². The average Bonchev–Trinajstić information content (AvgIpc) is 3.02. The molecule has 0 amide bonds. The minimum atomic E-state index is 0.307. The van der Waals surface area contributed by atoms with E-state index < -0.39 is 0 Å². The Balaban J connectivity index is 1.85. The molecule has 1 unspecified atom stereocenters. The van der Waals surface area contributed by atoms with E-state index in [1.54, 1.807) is 0 Å². The summed E-state index contributed by atoms with van der Waals surface area (Å²) in [6.07, 6.45) is 2.38. The molecule has 1 aromatic heterocycles. The van der Waals surface area contributed by atoms with Gasteiger partial charge in [-0.05, 0) is 37.9 Å². The molecule has 2 heterocycles. The molecular formula is C15H26N2OS. The standard InChI is InChI=1S/C15H26N2OS/c1-3-7-16-11-15(6-8-18-13-15)12-17(2)10-14-5-4-9-19-14/h4-5,9,16H,3,6-8,10-13H2,1-2H3. The minimum Gasteiger partial charge on any atom is -0.381 e. The molecule has 0 aromatic carbocycles. The Bertz CT molecular complexity index is 347. The van der Waals surface area contributed by atoms with Crippen LogP contribution < -0.4 is 5.32 Å². The van der Waals surface area contributed by atoms with E-state index in [2.05, 4.69) is 41.7 Å². The Morgan fingerprint density at radius 1 is 1.53 bits per heavy atom. The Labute approximate surface area is 121 Å². The molecule has 1 aromatic rings. The molecule has 1 saturated heterocycles. The number of nitrogens with zero attached hydrogens (tertiary/aromatic N) is 1. The van der Waals surface area contributed by atoms with E-state index in [0.717, 1.165) is 39.4 Å². The molecule has 0 spiro atoms. The summed E-state index contributed by atoms with van der Waals surface area (Å²) in [5.74, 6) is 0. The molecule has 1 aliphatic rings. The molecule has 4 heteroatoms. The molecule has 0 radical (unpaired) electrons. The first-order valence-corrected chi connectivity index (χ1v) is 8.11. The molecular weight excluding hydrogens is 256 g/mol. The van der Waals surface area contributed by atoms with Crippen molar-refractivity contribution < 1.29 is 4.74 Å². The normalized spacial score (nSPS) is 23.3. The van der Waals surface area contributed by atoms with Crippen LogP contribution in [0.1, 0.15) is 24.6 Å². The van der Waals surface area contributed by atoms with Gasteiger partial charge in [0.2, 0.25) is 0 Å². The van der Waals surface area contributed by atoms with Crippen LogP contribution in [-0.4, -0.2) is 44.8 Å². The number of nitrogens with one attached hydrogen (secondary N) is 1. The Morgan fingerprint density at radius 3 is 3.05 bits per heavy atom. The topological polar surface area (TPSA) is 24.5 Å². The summed E-state index contributed by atoms with van der Waals surface area (Å²) in [6, 6.07) is 4.35. The first-order valence-electron chi connectivity index (χ1n) is 7.23. The molecule has 1 N–H and O–H groups in total. The lowest BCUT2D eigenvalue weighted by Gasteiger charge is -2.32. The second kappa shape index (κ2) is 7.39. The molecule has 1 atom stereocenters. The molecule has 1 aliphatic heterocycles. The minimum absolute atomic E-state index is 0.307. The first kappa shape index (κ1) is 15.0. The summed E-state index contributed by atoms with van der Waals surface area (Å²) in [7, 11) is 2.22. The van der Waals surface area contributed by atoms with Crippen molar-refractivity contribution in [1.82, 2.24) is 10.2 Å². The van der Waals surface area contributed by atoms with Gasteiger partial charge in [-0.3, -0.25) is 0 Å². The van der Waals surface area contributed by atoms with Gasteiger partial charge in [-0.25, -0.2) is 0 Å². The van der Waals surface area contributed by atoms with Crippen LogP contribution in [0.15, 0.2) is 17.5 Å². The molecule has 1 fully saturated rings. The summed E-state index contributed by atoms with van der Waals surface area (Å²) in [5, 5.41) is 5.73. The monoisotopic (exact) mass is 282 g/mol. The Kier molecular flexibility index (Phi) is 5.82. The molecule has 2 rings (SSSR count). The van der Waals surface area contributed by atoms with Crippen molar-refractivity contribution in [2.24, 2.45) is 5.41 Å². The van der Waals surface area contributed by atoms with Gasteiger partial charge in [-0.2, -0.15) is 0 Å². The van der Waals surface area contributed by atoms with Gasteiger partial charge in [0.1, 0.15) is 0 Å². The van der Waals surface area contributed by atoms with E-state index in [-0.39, 0.29) is 0 Å². The zero-order valence-corrected chi connectivity index (χ0v) is 13.0. The van der Waals surface area contributed by atoms with Gasteiger partial charge < -0.3 is 15.0 Å². The van der Waals surface area contributed by atoms with Gasteiger partial charge in [-0.15, -0.1) is 11.3 Å². The van der Waals surface area contributed by atoms with Crippen molar-refractivity contribution >= 4 is 11.3 Å². The number of hydrogen-bond donors (Lipinski definition) is 1. The van der Waals surface area contributed by atoms with Gasteiger partial charge in [0, 0.05) is 36.5 Å². The van der Waals surface area contributed by atoms with E-state index in [1.165, 1.54) is 17.7 Å². The van der Waals surface area contributed by atoms with Crippen LogP contribution in [0, 0.1) is 5.41 Å². The lowest BCUT2D eigenvalue weighted by atomic mass is 9.86. The fraction of sp³-hybridized carbons (Fsp3) is 0.733. The smallest absolute Gasteiger partial charge is 0.0547 e. The highest BCUT2D eigenvalue weighted by atomic mass is 32.1. The van der Waals surface area contributed by atoms with Crippen molar-refractivity contribution in [3.63, 3.8) is 0 Å². The van der Waals surface area contributed by atoms with Crippen molar-refractivity contribution in [3.8, 4) is 0 Å². The van der Waals surface area contributed by atoms with Crippen LogP contribution in [0.2, 0.25) is 0 Å². The van der Waals surface area contributed by atoms with Crippen LogP contribution in [0.4, 0.5) is 0 Å². The van der Waals surface area contributed by atoms with Gasteiger partial charge in [0.25, 0.3) is 0 Å². The molecule has 0 saturated carbocycles. The third kappa shape index (κ3) is 4.56. The van der Waals surface area contributed by atoms with Crippen molar-refractivity contribution in [1.29, 1.82) is 0 Å². The highest BCUT2D eigenvalue weighted by molar-refractivity contribution is 7.09. The molecule has 108 valence electrons. The lowest BCUT2D eigenvalue weighted by molar-refractivity contribution is 0.117. The maximum absolute atomic E-state index is 5.66. The maximum atomic E-state index is 5.66. The van der Waals surface area contributed by atoms with Crippen molar-refractivity contribution in [2.75, 3.05) is 39.9 Å². The summed E-state index contributed by atoms with van der Waals surface area (Å²) >= 11 is 1.84. The number of ether oxygens (including phenoxy) is 1. The predicted molar refractivity (Wildman–Crippen MR) is 81.7 cm³/mol. The molecule has 0 bridgehead atoms. The van der Waals surface area contributed by atoms with Crippen LogP contribution in [-0.2, 0) is 11.3 Å². The van der Waals surface area contributed by atoms with Gasteiger partial charge in [0.15, 0.2) is 0 Å². The van der Waals surface area contributed by atoms with E-state index in [0.29, 0.717) is 5.41 Å². The fourth-order valence-electron chi connectivity index (χ4n) is 2.80. The Morgan fingerprint density at radius 2 is 2.42 bits per heavy atom. The Hall–Kier alpha value is -0.420. The zero-order chi connectivity index (χ0) is 13.6. The second-order valence-electron chi connectivity index (χ2n) is 5.73. The third-order valence-electron chi connectivity index (χ3n) is 3.72. The summed E-state index contributed by atoms with van der Waals surface area (Å²) < 4.78 is 5.66. The third-order valence-corrected chi connectivity index (χ3v) is 4.58. The van der Waals surface area contributed by atoms with Crippen molar-refractivity contribution in [2.45, 2.75) is 26.3 Å². The molecule has 3 nitrogen and oxygen atoms in total. The number of hydrogen-bond acceptors (Lipinski definition) is 4. The maximum Gasteiger partial charge on any atom is 0.0547 e. The average molecular weight is 282 g/mol. The van der Waals surface area contributed by atoms with Crippen LogP contribution >= 0.6 is 11.3 Å². The van der Waals surface area contributed by atoms with Crippen LogP contribution in [0.5, 0.6) is 0 Å². The highest BCUT2D eigenvalue weighted by Gasteiger charge is 2.35. The van der Waals surface area contributed by atoms with Gasteiger partial charge in [0.05, 0.1) is 6.61 Å². The highest BCUT2D eigenvalue weighted by Crippen LogP contribution is 2.29. The van der Waals surface area contributed by atoms with E-state index in [4.69, 9.17) is 4.74 Å². The SMILES string of the molecule is CCCNCC1(CN(C)Cc2cccs2)CCOC1. The van der Waals surface area contributed by atoms with E-state index >= 15 is 0 Å². The van der Waals surface area contributed by atoms with Crippen molar-refractivity contribution in [3.05, 3.63) is 22.4 Å². The van der Waals surface area contributed by atoms with E-state index in [1.807, 2.05) is 11.3 Å². The first-order chi connectivity index (χ1) is 9.24. The lowest BCUT2D eigenvalue weighted by Crippen LogP contribution is -2.43. The second-order valence-corrected chi connectivity index (χ2v) is 6.76. The van der Waals surface area contributed by atoms with Gasteiger partial charge in [-0.1, -0.05) is 13.0 Å².